The van der Waals surface area contributed by atoms with Gasteiger partial charge in [-0.3, -0.25) is 19.2 Å². The Morgan fingerprint density at radius 3 is 2.27 bits per heavy atom. The number of nitrogens with one attached hydrogen (secondary N) is 2. The monoisotopic (exact) mass is 612 g/mol. The third-order valence-electron chi connectivity index (χ3n) is 9.24. The Bertz CT molecular complexity index is 1880. The van der Waals surface area contributed by atoms with Crippen molar-refractivity contribution in [1.29, 1.82) is 0 Å². The van der Waals surface area contributed by atoms with Gasteiger partial charge in [0.05, 0.1) is 19.9 Å². The minimum absolute atomic E-state index is 0.105. The summed E-state index contributed by atoms with van der Waals surface area (Å²) >= 11 is 0. The molecule has 10 heteroatoms. The minimum atomic E-state index is -0.361. The lowest BCUT2D eigenvalue weighted by Crippen LogP contribution is -2.27. The average molecular weight is 613 g/mol. The predicted molar refractivity (Wildman–Crippen MR) is 171 cm³/mol. The van der Waals surface area contributed by atoms with E-state index in [4.69, 9.17) is 9.47 Å². The number of aromatic amines is 2. The largest absolute Gasteiger partial charge is 0.469 e. The van der Waals surface area contributed by atoms with Gasteiger partial charge in [-0.05, 0) is 105 Å². The van der Waals surface area contributed by atoms with E-state index in [1.54, 1.807) is 6.92 Å². The molecule has 0 unspecified atom stereocenters. The van der Waals surface area contributed by atoms with Gasteiger partial charge in [-0.1, -0.05) is 6.92 Å². The van der Waals surface area contributed by atoms with Crippen molar-refractivity contribution in [2.75, 3.05) is 20.8 Å². The molecular formula is C35H40N4O6. The number of carbonyl (C=O) groups is 4. The summed E-state index contributed by atoms with van der Waals surface area (Å²) in [6, 6.07) is 0. The van der Waals surface area contributed by atoms with Crippen molar-refractivity contribution in [1.82, 2.24) is 14.9 Å². The van der Waals surface area contributed by atoms with Crippen LogP contribution < -0.4 is 10.7 Å². The highest BCUT2D eigenvalue weighted by Gasteiger charge is 2.33. The second-order valence-corrected chi connectivity index (χ2v) is 11.7. The van der Waals surface area contributed by atoms with Crippen molar-refractivity contribution in [3.8, 4) is 0 Å². The molecule has 0 bridgehead atoms. The van der Waals surface area contributed by atoms with Crippen molar-refractivity contribution in [3.05, 3.63) is 72.3 Å². The molecule has 3 aliphatic rings. The highest BCUT2D eigenvalue weighted by atomic mass is 16.5. The van der Waals surface area contributed by atoms with Crippen LogP contribution in [-0.4, -0.2) is 65.1 Å². The third kappa shape index (κ3) is 5.89. The summed E-state index contributed by atoms with van der Waals surface area (Å²) in [4.78, 5) is 62.8. The number of aliphatic imine (C=N–C) groups is 1. The predicted octanol–water partition coefficient (Wildman–Crippen LogP) is 3.39. The van der Waals surface area contributed by atoms with Crippen LogP contribution in [0.1, 0.15) is 80.1 Å². The van der Waals surface area contributed by atoms with Crippen LogP contribution in [0.2, 0.25) is 0 Å². The second kappa shape index (κ2) is 12.7. The summed E-state index contributed by atoms with van der Waals surface area (Å²) in [6.07, 6.45) is 8.51. The Morgan fingerprint density at radius 2 is 1.60 bits per heavy atom. The zero-order valence-corrected chi connectivity index (χ0v) is 27.0. The molecule has 2 amide bonds. The number of hydrogen-bond donors (Lipinski definition) is 2. The molecule has 236 valence electrons. The molecule has 0 aromatic carbocycles. The molecule has 2 aromatic rings. The summed E-state index contributed by atoms with van der Waals surface area (Å²) in [7, 11) is 2.70. The van der Waals surface area contributed by atoms with Gasteiger partial charge in [0.2, 0.25) is 0 Å². The number of allylic oxidation sites excluding steroid dienone is 2. The number of carbonyl (C=O) groups excluding carboxylic acids is 4. The van der Waals surface area contributed by atoms with Crippen molar-refractivity contribution >= 4 is 47.7 Å². The van der Waals surface area contributed by atoms with E-state index in [9.17, 15) is 19.2 Å². The molecule has 0 fully saturated rings. The molecule has 0 spiro atoms. The van der Waals surface area contributed by atoms with E-state index < -0.39 is 0 Å². The quantitative estimate of drug-likeness (QED) is 0.417. The Balaban J connectivity index is 1.59. The maximum Gasteiger partial charge on any atom is 0.305 e. The smallest absolute Gasteiger partial charge is 0.305 e. The van der Waals surface area contributed by atoms with Crippen LogP contribution in [-0.2, 0) is 41.5 Å². The van der Waals surface area contributed by atoms with Crippen LogP contribution in [0.25, 0.3) is 18.2 Å². The van der Waals surface area contributed by atoms with Crippen molar-refractivity contribution < 1.29 is 28.7 Å². The van der Waals surface area contributed by atoms with E-state index in [0.717, 1.165) is 62.0 Å². The number of hydrogen-bond acceptors (Lipinski definition) is 6. The first-order valence-electron chi connectivity index (χ1n) is 15.3. The molecule has 2 aromatic heterocycles. The zero-order chi connectivity index (χ0) is 32.6. The Morgan fingerprint density at radius 1 is 0.911 bits per heavy atom. The number of esters is 2. The van der Waals surface area contributed by atoms with Gasteiger partial charge in [-0.25, -0.2) is 4.99 Å². The minimum Gasteiger partial charge on any atom is -0.469 e. The molecule has 0 atom stereocenters. The Labute approximate surface area is 262 Å². The summed E-state index contributed by atoms with van der Waals surface area (Å²) in [5.41, 5.74) is 10.7. The molecule has 5 heterocycles. The van der Waals surface area contributed by atoms with E-state index in [1.807, 2.05) is 31.7 Å². The van der Waals surface area contributed by atoms with Gasteiger partial charge in [0.15, 0.2) is 0 Å². The van der Waals surface area contributed by atoms with E-state index in [-0.39, 0.29) is 36.6 Å². The molecule has 0 saturated carbocycles. The highest BCUT2D eigenvalue weighted by molar-refractivity contribution is 6.31. The van der Waals surface area contributed by atoms with E-state index >= 15 is 0 Å². The highest BCUT2D eigenvalue weighted by Crippen LogP contribution is 2.36. The molecular weight excluding hydrogens is 572 g/mol. The fourth-order valence-electron chi connectivity index (χ4n) is 6.47. The molecule has 3 aliphatic heterocycles. The summed E-state index contributed by atoms with van der Waals surface area (Å²) < 4.78 is 9.70. The number of aromatic nitrogens is 2. The molecule has 45 heavy (non-hydrogen) atoms. The molecule has 10 nitrogen and oxygen atoms in total. The van der Waals surface area contributed by atoms with Crippen LogP contribution in [0.5, 0.6) is 0 Å². The van der Waals surface area contributed by atoms with Crippen molar-refractivity contribution in [2.45, 2.75) is 73.1 Å². The fraction of sp³-hybridized carbons (Fsp3) is 0.400. The summed E-state index contributed by atoms with van der Waals surface area (Å²) in [5, 5.41) is 1.59. The standard InChI is InChI=1S/C35H40N4O6/c1-8-22-20(4)31-17-30-25(13-14-39(31)35(22)43)19(3)27(37-30)15-26-18(2)23(9-11-32(40)44-6)28(36-26)16-29-24(10-12-33(41)45-7)21(5)34(42)38-29/h15-17,36-37H,8-14H2,1-7H3/b26-15-,28-16-. The Hall–Kier alpha value is -4.73. The molecule has 0 radical (unpaired) electrons. The first-order chi connectivity index (χ1) is 21.5. The van der Waals surface area contributed by atoms with E-state index in [0.29, 0.717) is 42.7 Å². The third-order valence-corrected chi connectivity index (χ3v) is 9.24. The summed E-state index contributed by atoms with van der Waals surface area (Å²) in [5.74, 6) is -0.904. The van der Waals surface area contributed by atoms with E-state index in [2.05, 4.69) is 34.0 Å². The molecule has 0 saturated heterocycles. The molecule has 5 rings (SSSR count). The number of methoxy groups -OCH3 is 2. The van der Waals surface area contributed by atoms with Gasteiger partial charge in [0.1, 0.15) is 0 Å². The van der Waals surface area contributed by atoms with Gasteiger partial charge >= 0.3 is 11.9 Å². The van der Waals surface area contributed by atoms with Crippen LogP contribution in [0.4, 0.5) is 0 Å². The van der Waals surface area contributed by atoms with Crippen LogP contribution in [0.15, 0.2) is 33.0 Å². The van der Waals surface area contributed by atoms with Gasteiger partial charge in [-0.2, -0.15) is 0 Å². The Kier molecular flexibility index (Phi) is 8.95. The number of H-pyrrole nitrogens is 2. The number of ether oxygens (including phenoxy) is 2. The van der Waals surface area contributed by atoms with Crippen molar-refractivity contribution in [2.24, 2.45) is 4.99 Å². The summed E-state index contributed by atoms with van der Waals surface area (Å²) in [6.45, 7) is 10.5. The van der Waals surface area contributed by atoms with Gasteiger partial charge < -0.3 is 24.3 Å². The topological polar surface area (TPSA) is 134 Å². The zero-order valence-electron chi connectivity index (χ0n) is 27.0. The first kappa shape index (κ1) is 31.7. The maximum atomic E-state index is 13.0. The number of amides is 2. The molecule has 0 aliphatic carbocycles. The maximum absolute atomic E-state index is 13.0. The van der Waals surface area contributed by atoms with Crippen molar-refractivity contribution in [3.63, 3.8) is 0 Å². The fourth-order valence-corrected chi connectivity index (χ4v) is 6.47. The second-order valence-electron chi connectivity index (χ2n) is 11.7. The number of fused-ring (bicyclic) bond motifs is 2. The first-order valence-corrected chi connectivity index (χ1v) is 15.3. The SMILES string of the molecule is CCC1=C(C)C2=Cc3[nH]c(/C=c4\[nH]/c(=C\C5=NC(=O)C(C)=C5CCC(=O)OC)c(CCC(=O)OC)c4C)c(C)c3CCN2C1=O. The lowest BCUT2D eigenvalue weighted by molar-refractivity contribution is -0.141. The number of nitrogens with zero attached hydrogens (tertiary/aromatic N) is 2. The van der Waals surface area contributed by atoms with Crippen LogP contribution in [0.3, 0.4) is 0 Å². The van der Waals surface area contributed by atoms with Gasteiger partial charge in [0.25, 0.3) is 11.8 Å². The average Bonchev–Trinajstić information content (AvgIpc) is 3.59. The van der Waals surface area contributed by atoms with Crippen LogP contribution >= 0.6 is 0 Å². The van der Waals surface area contributed by atoms with E-state index in [1.165, 1.54) is 19.8 Å². The molecule has 2 N–H and O–H groups in total. The van der Waals surface area contributed by atoms with Crippen LogP contribution in [0, 0.1) is 13.8 Å². The van der Waals surface area contributed by atoms with Gasteiger partial charge in [0, 0.05) is 58.3 Å². The lowest BCUT2D eigenvalue weighted by Gasteiger charge is -2.17. The number of rotatable bonds is 9. The lowest BCUT2D eigenvalue weighted by atomic mass is 10.00. The normalized spacial score (nSPS) is 17.2. The van der Waals surface area contributed by atoms with Gasteiger partial charge in [-0.15, -0.1) is 0 Å².